The number of halogens is 1. The molecule has 4 fully saturated rings. The first-order chi connectivity index (χ1) is 20.3. The molecule has 2 saturated heterocycles. The fourth-order valence-electron chi connectivity index (χ4n) is 6.77. The number of ether oxygens (including phenoxy) is 2. The van der Waals surface area contributed by atoms with E-state index in [9.17, 15) is 14.0 Å². The van der Waals surface area contributed by atoms with Gasteiger partial charge in [0.25, 0.3) is 11.8 Å². The fraction of sp³-hybridized carbons (Fsp3) is 0.625. The zero-order chi connectivity index (χ0) is 29.9. The number of alkyl halides is 1. The molecule has 1 spiro atoms. The van der Waals surface area contributed by atoms with Gasteiger partial charge < -0.3 is 24.6 Å². The van der Waals surface area contributed by atoms with Crippen molar-refractivity contribution in [2.75, 3.05) is 39.8 Å². The molecular weight excluding hydrogens is 537 g/mol. The van der Waals surface area contributed by atoms with Crippen LogP contribution in [0.25, 0.3) is 11.3 Å². The molecule has 1 atom stereocenters. The summed E-state index contributed by atoms with van der Waals surface area (Å²) >= 11 is 0. The first-order valence-corrected chi connectivity index (χ1v) is 15.5. The molecule has 2 aromatic heterocycles. The molecule has 1 unspecified atom stereocenters. The summed E-state index contributed by atoms with van der Waals surface area (Å²) in [5.74, 6) is 0.305. The van der Waals surface area contributed by atoms with Crippen molar-refractivity contribution in [3.05, 3.63) is 36.2 Å². The van der Waals surface area contributed by atoms with Gasteiger partial charge in [0, 0.05) is 37.3 Å². The van der Waals surface area contributed by atoms with E-state index in [0.29, 0.717) is 55.4 Å². The molecule has 0 bridgehead atoms. The van der Waals surface area contributed by atoms with Crippen molar-refractivity contribution >= 4 is 11.8 Å². The van der Waals surface area contributed by atoms with Crippen LogP contribution in [-0.4, -0.2) is 89.2 Å². The highest BCUT2D eigenvalue weighted by Crippen LogP contribution is 2.51. The third-order valence-electron chi connectivity index (χ3n) is 8.86. The van der Waals surface area contributed by atoms with E-state index in [2.05, 4.69) is 15.2 Å². The van der Waals surface area contributed by atoms with E-state index in [0.717, 1.165) is 45.2 Å². The SMILES string of the molecule is CC.CCOc1ncccc1-c1ccc(OC2CC3(C2)CN(C(=O)C2(F)CCCC2)C3)c(C(=O)NC2CCN(C)C2)n1. The Morgan fingerprint density at radius 3 is 2.55 bits per heavy atom. The summed E-state index contributed by atoms with van der Waals surface area (Å²) in [5, 5.41) is 3.13. The van der Waals surface area contributed by atoms with Crippen molar-refractivity contribution in [3.8, 4) is 22.9 Å². The number of hydrogen-bond acceptors (Lipinski definition) is 7. The van der Waals surface area contributed by atoms with Crippen LogP contribution in [0, 0.1) is 5.41 Å². The number of aromatic nitrogens is 2. The van der Waals surface area contributed by atoms with Crippen LogP contribution in [0.4, 0.5) is 4.39 Å². The molecule has 2 aromatic rings. The number of carbonyl (C=O) groups is 2. The zero-order valence-electron chi connectivity index (χ0n) is 25.3. The van der Waals surface area contributed by atoms with Gasteiger partial charge in [-0.15, -0.1) is 0 Å². The molecular formula is C32H44FN5O4. The zero-order valence-corrected chi connectivity index (χ0v) is 25.3. The van der Waals surface area contributed by atoms with Crippen molar-refractivity contribution in [1.82, 2.24) is 25.1 Å². The van der Waals surface area contributed by atoms with Gasteiger partial charge in [-0.3, -0.25) is 9.59 Å². The molecule has 0 aromatic carbocycles. The lowest BCUT2D eigenvalue weighted by atomic mass is 9.61. The maximum absolute atomic E-state index is 15.0. The second-order valence-electron chi connectivity index (χ2n) is 12.0. The maximum atomic E-state index is 15.0. The lowest BCUT2D eigenvalue weighted by Gasteiger charge is -2.59. The van der Waals surface area contributed by atoms with Gasteiger partial charge in [-0.25, -0.2) is 14.4 Å². The Kier molecular flexibility index (Phi) is 9.01. The van der Waals surface area contributed by atoms with Gasteiger partial charge in [-0.05, 0) is 89.7 Å². The number of likely N-dealkylation sites (tertiary alicyclic amines) is 2. The first-order valence-electron chi connectivity index (χ1n) is 15.5. The highest BCUT2D eigenvalue weighted by atomic mass is 19.1. The molecule has 4 heterocycles. The summed E-state index contributed by atoms with van der Waals surface area (Å²) in [7, 11) is 2.04. The molecule has 1 N–H and O–H groups in total. The van der Waals surface area contributed by atoms with Crippen LogP contribution in [0.2, 0.25) is 0 Å². The normalized spacial score (nSPS) is 22.5. The Bertz CT molecular complexity index is 1270. The largest absolute Gasteiger partial charge is 0.488 e. The van der Waals surface area contributed by atoms with Crippen molar-refractivity contribution in [1.29, 1.82) is 0 Å². The number of amides is 2. The standard InChI is InChI=1S/C30H38FN5O4.C2H6/c1-3-39-27-22(7-6-13-32-27)23-8-9-24(25(34-23)26(37)33-20-10-14-35(2)17-20)40-21-15-29(16-21)18-36(19-29)28(38)30(31)11-4-5-12-30;1-2/h6-9,13,20-21H,3-5,10-12,14-19H2,1-2H3,(H,33,37);1-2H3. The number of nitrogens with one attached hydrogen (secondary N) is 1. The van der Waals surface area contributed by atoms with E-state index in [1.807, 2.05) is 46.0 Å². The molecule has 42 heavy (non-hydrogen) atoms. The maximum Gasteiger partial charge on any atom is 0.274 e. The number of nitrogens with zero attached hydrogens (tertiary/aromatic N) is 4. The Labute approximate surface area is 248 Å². The van der Waals surface area contributed by atoms with Gasteiger partial charge in [0.15, 0.2) is 17.1 Å². The minimum absolute atomic E-state index is 0.0123. The number of likely N-dealkylation sites (N-methyl/N-ethyl adjacent to an activating group) is 1. The van der Waals surface area contributed by atoms with E-state index in [1.165, 1.54) is 0 Å². The van der Waals surface area contributed by atoms with Gasteiger partial charge >= 0.3 is 0 Å². The Hall–Kier alpha value is -3.27. The van der Waals surface area contributed by atoms with E-state index in [-0.39, 0.29) is 35.1 Å². The average molecular weight is 582 g/mol. The number of pyridine rings is 2. The topological polar surface area (TPSA) is 96.9 Å². The van der Waals surface area contributed by atoms with Crippen molar-refractivity contribution in [3.63, 3.8) is 0 Å². The summed E-state index contributed by atoms with van der Waals surface area (Å²) in [6.45, 7) is 9.25. The molecule has 2 amide bonds. The van der Waals surface area contributed by atoms with Crippen molar-refractivity contribution < 1.29 is 23.5 Å². The van der Waals surface area contributed by atoms with Gasteiger partial charge in [-0.1, -0.05) is 13.8 Å². The average Bonchev–Trinajstić information content (AvgIpc) is 3.59. The molecule has 0 radical (unpaired) electrons. The molecule has 4 aliphatic rings. The Balaban J connectivity index is 0.00000173. The van der Waals surface area contributed by atoms with Crippen LogP contribution in [0.15, 0.2) is 30.5 Å². The van der Waals surface area contributed by atoms with Crippen LogP contribution >= 0.6 is 0 Å². The molecule has 2 aliphatic carbocycles. The van der Waals surface area contributed by atoms with Gasteiger partial charge in [0.1, 0.15) is 6.10 Å². The number of hydrogen-bond donors (Lipinski definition) is 1. The highest BCUT2D eigenvalue weighted by Gasteiger charge is 2.58. The quantitative estimate of drug-likeness (QED) is 0.485. The van der Waals surface area contributed by atoms with Crippen LogP contribution in [0.5, 0.6) is 11.6 Å². The van der Waals surface area contributed by atoms with Crippen LogP contribution in [0.3, 0.4) is 0 Å². The molecule has 6 rings (SSSR count). The fourth-order valence-corrected chi connectivity index (χ4v) is 6.77. The number of carbonyl (C=O) groups excluding carboxylic acids is 2. The van der Waals surface area contributed by atoms with E-state index in [4.69, 9.17) is 14.5 Å². The first kappa shape index (κ1) is 30.2. The van der Waals surface area contributed by atoms with Crippen molar-refractivity contribution in [2.24, 2.45) is 5.41 Å². The lowest BCUT2D eigenvalue weighted by molar-refractivity contribution is -0.171. The van der Waals surface area contributed by atoms with E-state index < -0.39 is 5.67 Å². The second-order valence-corrected chi connectivity index (χ2v) is 12.0. The minimum atomic E-state index is -1.67. The van der Waals surface area contributed by atoms with Crippen LogP contribution in [-0.2, 0) is 4.79 Å². The summed E-state index contributed by atoms with van der Waals surface area (Å²) in [6.07, 6.45) is 6.25. The predicted octanol–water partition coefficient (Wildman–Crippen LogP) is 4.65. The Morgan fingerprint density at radius 1 is 1.14 bits per heavy atom. The summed E-state index contributed by atoms with van der Waals surface area (Å²) in [6, 6.07) is 7.37. The van der Waals surface area contributed by atoms with E-state index in [1.54, 1.807) is 17.2 Å². The molecule has 2 aliphatic heterocycles. The summed E-state index contributed by atoms with van der Waals surface area (Å²) < 4.78 is 27.0. The molecule has 10 heteroatoms. The van der Waals surface area contributed by atoms with E-state index >= 15 is 0 Å². The molecule has 2 saturated carbocycles. The predicted molar refractivity (Wildman–Crippen MR) is 158 cm³/mol. The summed E-state index contributed by atoms with van der Waals surface area (Å²) in [5.41, 5.74) is -0.142. The van der Waals surface area contributed by atoms with Gasteiger partial charge in [0.2, 0.25) is 5.88 Å². The lowest BCUT2D eigenvalue weighted by Crippen LogP contribution is -2.68. The Morgan fingerprint density at radius 2 is 1.88 bits per heavy atom. The van der Waals surface area contributed by atoms with Crippen molar-refractivity contribution in [2.45, 2.75) is 83.5 Å². The minimum Gasteiger partial charge on any atom is -0.488 e. The smallest absolute Gasteiger partial charge is 0.274 e. The summed E-state index contributed by atoms with van der Waals surface area (Å²) in [4.78, 5) is 39.1. The highest BCUT2D eigenvalue weighted by molar-refractivity contribution is 5.96. The monoisotopic (exact) mass is 581 g/mol. The van der Waals surface area contributed by atoms with Gasteiger partial charge in [0.05, 0.1) is 17.9 Å². The molecule has 228 valence electrons. The number of rotatable bonds is 8. The third-order valence-corrected chi connectivity index (χ3v) is 8.86. The van der Waals surface area contributed by atoms with Crippen LogP contribution < -0.4 is 14.8 Å². The third kappa shape index (κ3) is 6.09. The van der Waals surface area contributed by atoms with Crippen LogP contribution in [0.1, 0.15) is 76.2 Å². The second kappa shape index (κ2) is 12.5. The van der Waals surface area contributed by atoms with Gasteiger partial charge in [-0.2, -0.15) is 0 Å². The molecule has 9 nitrogen and oxygen atoms in total.